The zero-order valence-corrected chi connectivity index (χ0v) is 12.9. The molecule has 2 aromatic rings. The van der Waals surface area contributed by atoms with Crippen LogP contribution in [0.4, 0.5) is 11.6 Å². The summed E-state index contributed by atoms with van der Waals surface area (Å²) in [4.78, 5) is 8.97. The highest BCUT2D eigenvalue weighted by Gasteiger charge is 2.23. The molecule has 1 heterocycles. The van der Waals surface area contributed by atoms with Crippen LogP contribution in [-0.4, -0.2) is 16.0 Å². The van der Waals surface area contributed by atoms with Crippen LogP contribution in [0.1, 0.15) is 37.7 Å². The number of anilines is 2. The van der Waals surface area contributed by atoms with Gasteiger partial charge in [-0.15, -0.1) is 0 Å². The van der Waals surface area contributed by atoms with Crippen LogP contribution < -0.4 is 11.1 Å². The molecule has 0 unspecified atom stereocenters. The minimum absolute atomic E-state index is 0.107. The summed E-state index contributed by atoms with van der Waals surface area (Å²) in [5.74, 6) is 2.12. The number of fused-ring (bicyclic) bond motifs is 1. The molecule has 0 saturated carbocycles. The molecule has 0 radical (unpaired) electrons. The van der Waals surface area contributed by atoms with E-state index in [1.807, 2.05) is 6.07 Å². The van der Waals surface area contributed by atoms with E-state index in [2.05, 4.69) is 60.3 Å². The number of nitrogens with zero attached hydrogens (tertiary/aromatic N) is 2. The van der Waals surface area contributed by atoms with Crippen LogP contribution in [-0.2, 0) is 18.3 Å². The van der Waals surface area contributed by atoms with Gasteiger partial charge in [0, 0.05) is 17.5 Å². The van der Waals surface area contributed by atoms with Gasteiger partial charge in [0.2, 0.25) is 0 Å². The quantitative estimate of drug-likeness (QED) is 0.889. The fraction of sp³-hybridized carbons (Fsp3) is 0.412. The minimum atomic E-state index is -0.107. The average Bonchev–Trinajstić information content (AvgIpc) is 2.79. The lowest BCUT2D eigenvalue weighted by atomic mass is 9.96. The van der Waals surface area contributed by atoms with E-state index < -0.39 is 0 Å². The van der Waals surface area contributed by atoms with Crippen molar-refractivity contribution in [3.8, 4) is 0 Å². The second-order valence-electron chi connectivity index (χ2n) is 6.77. The Morgan fingerprint density at radius 2 is 1.71 bits per heavy atom. The van der Waals surface area contributed by atoms with Crippen molar-refractivity contribution in [1.82, 2.24) is 9.97 Å². The van der Waals surface area contributed by atoms with E-state index in [0.717, 1.165) is 24.5 Å². The molecule has 4 heteroatoms. The number of benzene rings is 1. The number of nitrogen functional groups attached to an aromatic ring is 1. The van der Waals surface area contributed by atoms with Crippen LogP contribution in [0, 0.1) is 0 Å². The molecule has 3 rings (SSSR count). The lowest BCUT2D eigenvalue weighted by Gasteiger charge is -2.19. The molecule has 0 aliphatic heterocycles. The first-order chi connectivity index (χ1) is 9.91. The fourth-order valence-corrected chi connectivity index (χ4v) is 2.75. The van der Waals surface area contributed by atoms with Crippen LogP contribution in [0.2, 0.25) is 0 Å². The highest BCUT2D eigenvalue weighted by Crippen LogP contribution is 2.26. The van der Waals surface area contributed by atoms with E-state index in [1.54, 1.807) is 0 Å². The zero-order chi connectivity index (χ0) is 15.0. The number of nitrogens with two attached hydrogens (primary N) is 1. The molecule has 0 fully saturated rings. The minimum Gasteiger partial charge on any atom is -0.384 e. The molecule has 0 spiro atoms. The third kappa shape index (κ3) is 2.99. The topological polar surface area (TPSA) is 63.8 Å². The third-order valence-corrected chi connectivity index (χ3v) is 3.82. The molecular formula is C17H22N4. The number of aromatic nitrogens is 2. The number of nitrogens with one attached hydrogen (secondary N) is 1. The summed E-state index contributed by atoms with van der Waals surface area (Å²) < 4.78 is 0. The van der Waals surface area contributed by atoms with Gasteiger partial charge in [-0.05, 0) is 24.0 Å². The molecular weight excluding hydrogens is 260 g/mol. The van der Waals surface area contributed by atoms with E-state index in [1.165, 1.54) is 11.1 Å². The molecule has 1 aliphatic carbocycles. The Morgan fingerprint density at radius 1 is 1.10 bits per heavy atom. The van der Waals surface area contributed by atoms with Crippen molar-refractivity contribution >= 4 is 11.6 Å². The predicted octanol–water partition coefficient (Wildman–Crippen LogP) is 2.94. The Bertz CT molecular complexity index is 633. The van der Waals surface area contributed by atoms with E-state index >= 15 is 0 Å². The number of hydrogen-bond donors (Lipinski definition) is 2. The highest BCUT2D eigenvalue weighted by molar-refractivity contribution is 5.48. The second kappa shape index (κ2) is 5.02. The van der Waals surface area contributed by atoms with Crippen LogP contribution in [0.3, 0.4) is 0 Å². The van der Waals surface area contributed by atoms with Gasteiger partial charge in [0.05, 0.1) is 0 Å². The lowest BCUT2D eigenvalue weighted by molar-refractivity contribution is 0.546. The maximum Gasteiger partial charge on any atom is 0.138 e. The van der Waals surface area contributed by atoms with Crippen molar-refractivity contribution in [2.24, 2.45) is 0 Å². The molecule has 1 aromatic heterocycles. The number of hydrogen-bond acceptors (Lipinski definition) is 4. The highest BCUT2D eigenvalue weighted by atomic mass is 15.1. The standard InChI is InChI=1S/C17H22N4/c1-17(2,3)16-20-14(18)10-15(21-16)19-13-8-11-6-4-5-7-12(11)9-13/h4-7,10,13H,8-9H2,1-3H3,(H3,18,19,20,21). The SMILES string of the molecule is CC(C)(C)c1nc(N)cc(NC2Cc3ccccc3C2)n1. The van der Waals surface area contributed by atoms with Gasteiger partial charge in [0.25, 0.3) is 0 Å². The van der Waals surface area contributed by atoms with Crippen molar-refractivity contribution in [3.63, 3.8) is 0 Å². The summed E-state index contributed by atoms with van der Waals surface area (Å²) in [7, 11) is 0. The van der Waals surface area contributed by atoms with Crippen LogP contribution >= 0.6 is 0 Å². The fourth-order valence-electron chi connectivity index (χ4n) is 2.75. The van der Waals surface area contributed by atoms with Gasteiger partial charge in [-0.2, -0.15) is 0 Å². The summed E-state index contributed by atoms with van der Waals surface area (Å²) in [5.41, 5.74) is 8.67. The Kier molecular flexibility index (Phi) is 3.32. The van der Waals surface area contributed by atoms with Crippen molar-refractivity contribution in [1.29, 1.82) is 0 Å². The molecule has 0 bridgehead atoms. The Balaban J connectivity index is 1.79. The summed E-state index contributed by atoms with van der Waals surface area (Å²) in [6.45, 7) is 6.28. The van der Waals surface area contributed by atoms with Crippen LogP contribution in [0.5, 0.6) is 0 Å². The monoisotopic (exact) mass is 282 g/mol. The number of rotatable bonds is 2. The molecule has 1 aliphatic rings. The van der Waals surface area contributed by atoms with Crippen molar-refractivity contribution in [2.75, 3.05) is 11.1 Å². The lowest BCUT2D eigenvalue weighted by Crippen LogP contribution is -2.23. The van der Waals surface area contributed by atoms with Gasteiger partial charge in [-0.1, -0.05) is 45.0 Å². The molecule has 4 nitrogen and oxygen atoms in total. The third-order valence-electron chi connectivity index (χ3n) is 3.82. The summed E-state index contributed by atoms with van der Waals surface area (Å²) in [6, 6.07) is 10.8. The molecule has 0 amide bonds. The van der Waals surface area contributed by atoms with Crippen LogP contribution in [0.25, 0.3) is 0 Å². The molecule has 3 N–H and O–H groups in total. The summed E-state index contributed by atoms with van der Waals surface area (Å²) >= 11 is 0. The van der Waals surface area contributed by atoms with Gasteiger partial charge >= 0.3 is 0 Å². The van der Waals surface area contributed by atoms with E-state index in [9.17, 15) is 0 Å². The molecule has 1 aromatic carbocycles. The second-order valence-corrected chi connectivity index (χ2v) is 6.77. The van der Waals surface area contributed by atoms with E-state index in [0.29, 0.717) is 11.9 Å². The van der Waals surface area contributed by atoms with E-state index in [4.69, 9.17) is 5.73 Å². The summed E-state index contributed by atoms with van der Waals surface area (Å²) in [5, 5.41) is 3.51. The molecule has 110 valence electrons. The first-order valence-electron chi connectivity index (χ1n) is 7.40. The Hall–Kier alpha value is -2.10. The normalized spacial score (nSPS) is 15.0. The molecule has 0 atom stereocenters. The predicted molar refractivity (Wildman–Crippen MR) is 86.4 cm³/mol. The van der Waals surface area contributed by atoms with Gasteiger partial charge in [-0.3, -0.25) is 0 Å². The van der Waals surface area contributed by atoms with Gasteiger partial charge in [-0.25, -0.2) is 9.97 Å². The molecule has 21 heavy (non-hydrogen) atoms. The van der Waals surface area contributed by atoms with Gasteiger partial charge in [0.15, 0.2) is 0 Å². The Labute approximate surface area is 125 Å². The smallest absolute Gasteiger partial charge is 0.138 e. The molecule has 0 saturated heterocycles. The van der Waals surface area contributed by atoms with Gasteiger partial charge < -0.3 is 11.1 Å². The summed E-state index contributed by atoms with van der Waals surface area (Å²) in [6.07, 6.45) is 2.07. The van der Waals surface area contributed by atoms with E-state index in [-0.39, 0.29) is 5.41 Å². The van der Waals surface area contributed by atoms with Gasteiger partial charge in [0.1, 0.15) is 17.5 Å². The first-order valence-corrected chi connectivity index (χ1v) is 7.40. The van der Waals surface area contributed by atoms with Crippen LogP contribution in [0.15, 0.2) is 30.3 Å². The zero-order valence-electron chi connectivity index (χ0n) is 12.9. The first kappa shape index (κ1) is 13.9. The maximum absolute atomic E-state index is 5.92. The van der Waals surface area contributed by atoms with Crippen molar-refractivity contribution in [3.05, 3.63) is 47.3 Å². The van der Waals surface area contributed by atoms with Crippen molar-refractivity contribution in [2.45, 2.75) is 45.1 Å². The van der Waals surface area contributed by atoms with Crippen molar-refractivity contribution < 1.29 is 0 Å². The average molecular weight is 282 g/mol. The largest absolute Gasteiger partial charge is 0.384 e. The Morgan fingerprint density at radius 3 is 2.29 bits per heavy atom. The maximum atomic E-state index is 5.92.